The summed E-state index contributed by atoms with van der Waals surface area (Å²) in [4.78, 5) is 17.5. The molecule has 0 spiro atoms. The average molecular weight is 431 g/mol. The number of hydrogen-bond donors (Lipinski definition) is 1. The van der Waals surface area contributed by atoms with Crippen molar-refractivity contribution in [3.63, 3.8) is 0 Å². The minimum Gasteiger partial charge on any atom is -0.438 e. The highest BCUT2D eigenvalue weighted by molar-refractivity contribution is 6.31. The number of aryl methyl sites for hydroxylation is 1. The van der Waals surface area contributed by atoms with Crippen molar-refractivity contribution >= 4 is 45.8 Å². The standard InChI is InChI=1S/C22H20Cl2N2O3/c1-13-4-6-16(11-19(13)24)26-22-18(21(27)25-12-17-3-2-8-28-17)10-14-9-15(23)5-7-20(14)29-22/h4-7,9-11,17H,2-3,8,12H2,1H3,(H,25,27). The zero-order valence-corrected chi connectivity index (χ0v) is 17.4. The van der Waals surface area contributed by atoms with Crippen molar-refractivity contribution in [1.82, 2.24) is 5.32 Å². The Hall–Kier alpha value is -2.34. The number of ether oxygens (including phenoxy) is 1. The maximum atomic E-state index is 12.9. The van der Waals surface area contributed by atoms with E-state index >= 15 is 0 Å². The Morgan fingerprint density at radius 3 is 2.83 bits per heavy atom. The quantitative estimate of drug-likeness (QED) is 0.619. The van der Waals surface area contributed by atoms with Gasteiger partial charge in [0.2, 0.25) is 5.55 Å². The first-order valence-corrected chi connectivity index (χ1v) is 10.2. The Balaban J connectivity index is 1.76. The number of carbonyl (C=O) groups excluding carboxylic acids is 1. The van der Waals surface area contributed by atoms with E-state index < -0.39 is 0 Å². The zero-order chi connectivity index (χ0) is 20.4. The lowest BCUT2D eigenvalue weighted by molar-refractivity contribution is 0.0854. The molecular weight excluding hydrogens is 411 g/mol. The van der Waals surface area contributed by atoms with Crippen LogP contribution in [0.25, 0.3) is 11.0 Å². The largest absolute Gasteiger partial charge is 0.438 e. The van der Waals surface area contributed by atoms with E-state index in [9.17, 15) is 4.79 Å². The second-order valence-corrected chi connectivity index (χ2v) is 7.88. The van der Waals surface area contributed by atoms with Gasteiger partial charge >= 0.3 is 0 Å². The maximum absolute atomic E-state index is 12.9. The second kappa shape index (κ2) is 8.57. The summed E-state index contributed by atoms with van der Waals surface area (Å²) < 4.78 is 11.5. The Morgan fingerprint density at radius 1 is 1.21 bits per heavy atom. The number of halogens is 2. The van der Waals surface area contributed by atoms with Gasteiger partial charge in [-0.15, -0.1) is 0 Å². The summed E-state index contributed by atoms with van der Waals surface area (Å²) in [7, 11) is 0. The fraction of sp³-hybridized carbons (Fsp3) is 0.273. The highest BCUT2D eigenvalue weighted by Gasteiger charge is 2.18. The highest BCUT2D eigenvalue weighted by atomic mass is 35.5. The molecule has 3 aromatic rings. The van der Waals surface area contributed by atoms with E-state index in [0.29, 0.717) is 33.4 Å². The molecule has 1 saturated heterocycles. The van der Waals surface area contributed by atoms with Crippen molar-refractivity contribution in [2.24, 2.45) is 4.99 Å². The minimum absolute atomic E-state index is 0.0436. The van der Waals surface area contributed by atoms with Gasteiger partial charge < -0.3 is 14.5 Å². The van der Waals surface area contributed by atoms with E-state index in [1.807, 2.05) is 19.1 Å². The summed E-state index contributed by atoms with van der Waals surface area (Å²) >= 11 is 12.3. The summed E-state index contributed by atoms with van der Waals surface area (Å²) in [6, 6.07) is 12.4. The lowest BCUT2D eigenvalue weighted by Crippen LogP contribution is -2.34. The normalized spacial score (nSPS) is 17.1. The van der Waals surface area contributed by atoms with Crippen LogP contribution < -0.4 is 10.9 Å². The SMILES string of the molecule is Cc1ccc(N=c2oc3ccc(Cl)cc3cc2C(=O)NCC2CCCO2)cc1Cl. The lowest BCUT2D eigenvalue weighted by Gasteiger charge is -2.11. The zero-order valence-electron chi connectivity index (χ0n) is 15.9. The van der Waals surface area contributed by atoms with Crippen molar-refractivity contribution in [2.75, 3.05) is 13.2 Å². The van der Waals surface area contributed by atoms with Gasteiger partial charge in [0.1, 0.15) is 11.1 Å². The Bertz CT molecular complexity index is 1130. The topological polar surface area (TPSA) is 63.8 Å². The van der Waals surface area contributed by atoms with Gasteiger partial charge in [0.15, 0.2) is 0 Å². The van der Waals surface area contributed by atoms with E-state index in [0.717, 1.165) is 30.4 Å². The molecule has 0 aliphatic carbocycles. The molecule has 1 atom stereocenters. The molecule has 0 saturated carbocycles. The van der Waals surface area contributed by atoms with Crippen LogP contribution in [0.15, 0.2) is 51.9 Å². The number of fused-ring (bicyclic) bond motifs is 1. The van der Waals surface area contributed by atoms with Gasteiger partial charge in [-0.05, 0) is 61.7 Å². The summed E-state index contributed by atoms with van der Waals surface area (Å²) in [5.41, 5.74) is 2.68. The number of benzene rings is 2. The summed E-state index contributed by atoms with van der Waals surface area (Å²) in [5, 5.41) is 4.81. The molecular formula is C22H20Cl2N2O3. The summed E-state index contributed by atoms with van der Waals surface area (Å²) in [5.74, 6) is -0.275. The molecule has 1 N–H and O–H groups in total. The van der Waals surface area contributed by atoms with Crippen molar-refractivity contribution in [3.8, 4) is 0 Å². The molecule has 1 aromatic heterocycles. The van der Waals surface area contributed by atoms with Crippen LogP contribution in [0.5, 0.6) is 0 Å². The van der Waals surface area contributed by atoms with Crippen LogP contribution in [-0.2, 0) is 4.74 Å². The summed E-state index contributed by atoms with van der Waals surface area (Å²) in [6.45, 7) is 3.10. The van der Waals surface area contributed by atoms with Crippen molar-refractivity contribution in [1.29, 1.82) is 0 Å². The number of hydrogen-bond acceptors (Lipinski definition) is 4. The van der Waals surface area contributed by atoms with Crippen LogP contribution in [0.2, 0.25) is 10.0 Å². The number of rotatable bonds is 4. The predicted octanol–water partition coefficient (Wildman–Crippen LogP) is 5.19. The molecule has 1 fully saturated rings. The molecule has 4 rings (SSSR count). The molecule has 29 heavy (non-hydrogen) atoms. The first-order chi connectivity index (χ1) is 14.0. The number of carbonyl (C=O) groups is 1. The Labute approximate surface area is 178 Å². The van der Waals surface area contributed by atoms with Crippen LogP contribution in [0.3, 0.4) is 0 Å². The lowest BCUT2D eigenvalue weighted by atomic mass is 10.1. The molecule has 2 aromatic carbocycles. The molecule has 1 aliphatic heterocycles. The van der Waals surface area contributed by atoms with Crippen LogP contribution in [0.4, 0.5) is 5.69 Å². The van der Waals surface area contributed by atoms with Crippen LogP contribution in [-0.4, -0.2) is 25.2 Å². The Kier molecular flexibility index (Phi) is 5.90. The van der Waals surface area contributed by atoms with E-state index in [-0.39, 0.29) is 17.6 Å². The second-order valence-electron chi connectivity index (χ2n) is 7.04. The molecule has 0 radical (unpaired) electrons. The highest BCUT2D eigenvalue weighted by Crippen LogP contribution is 2.23. The van der Waals surface area contributed by atoms with Gasteiger partial charge in [0.25, 0.3) is 5.91 Å². The molecule has 1 aliphatic rings. The fourth-order valence-electron chi connectivity index (χ4n) is 3.22. The third-order valence-electron chi connectivity index (χ3n) is 4.85. The Morgan fingerprint density at radius 2 is 2.07 bits per heavy atom. The van der Waals surface area contributed by atoms with E-state index in [1.165, 1.54) is 0 Å². The third kappa shape index (κ3) is 4.64. The molecule has 1 amide bonds. The number of nitrogens with one attached hydrogen (secondary N) is 1. The van der Waals surface area contributed by atoms with Gasteiger partial charge in [0, 0.05) is 28.6 Å². The van der Waals surface area contributed by atoms with Gasteiger partial charge in [-0.25, -0.2) is 4.99 Å². The predicted molar refractivity (Wildman–Crippen MR) is 114 cm³/mol. The third-order valence-corrected chi connectivity index (χ3v) is 5.50. The minimum atomic E-state index is -0.275. The molecule has 7 heteroatoms. The van der Waals surface area contributed by atoms with Crippen LogP contribution >= 0.6 is 23.2 Å². The molecule has 150 valence electrons. The van der Waals surface area contributed by atoms with Gasteiger partial charge in [-0.3, -0.25) is 4.79 Å². The van der Waals surface area contributed by atoms with Crippen molar-refractivity contribution < 1.29 is 13.9 Å². The van der Waals surface area contributed by atoms with E-state index in [4.69, 9.17) is 32.4 Å². The first kappa shape index (κ1) is 20.0. The molecule has 5 nitrogen and oxygen atoms in total. The monoisotopic (exact) mass is 430 g/mol. The van der Waals surface area contributed by atoms with Gasteiger partial charge in [0.05, 0.1) is 11.8 Å². The van der Waals surface area contributed by atoms with Crippen molar-refractivity contribution in [2.45, 2.75) is 25.9 Å². The maximum Gasteiger partial charge on any atom is 0.256 e. The molecule has 1 unspecified atom stereocenters. The van der Waals surface area contributed by atoms with Crippen LogP contribution in [0, 0.1) is 6.92 Å². The van der Waals surface area contributed by atoms with Gasteiger partial charge in [-0.2, -0.15) is 0 Å². The smallest absolute Gasteiger partial charge is 0.256 e. The van der Waals surface area contributed by atoms with Crippen molar-refractivity contribution in [3.05, 3.63) is 69.2 Å². The molecule has 0 bridgehead atoms. The first-order valence-electron chi connectivity index (χ1n) is 9.44. The number of amides is 1. The van der Waals surface area contributed by atoms with Crippen LogP contribution in [0.1, 0.15) is 28.8 Å². The molecule has 2 heterocycles. The van der Waals surface area contributed by atoms with Gasteiger partial charge in [-0.1, -0.05) is 29.3 Å². The van der Waals surface area contributed by atoms with E-state index in [1.54, 1.807) is 30.3 Å². The fourth-order valence-corrected chi connectivity index (χ4v) is 3.58. The average Bonchev–Trinajstić information content (AvgIpc) is 3.22. The number of nitrogens with zero attached hydrogens (tertiary/aromatic N) is 1. The van der Waals surface area contributed by atoms with E-state index in [2.05, 4.69) is 10.3 Å². The summed E-state index contributed by atoms with van der Waals surface area (Å²) in [6.07, 6.45) is 2.00.